The molecule has 2 unspecified atom stereocenters. The number of hydrogen-bond acceptors (Lipinski definition) is 5. The van der Waals surface area contributed by atoms with E-state index in [1.165, 1.54) is 0 Å². The molecule has 34 heavy (non-hydrogen) atoms. The van der Waals surface area contributed by atoms with E-state index in [1.54, 1.807) is 18.5 Å². The van der Waals surface area contributed by atoms with E-state index in [9.17, 15) is 4.79 Å². The number of carbonyl (C=O) groups is 1. The molecule has 1 fully saturated rings. The Morgan fingerprint density at radius 2 is 2.09 bits per heavy atom. The quantitative estimate of drug-likeness (QED) is 0.391. The lowest BCUT2D eigenvalue weighted by Gasteiger charge is -2.29. The molecular formula is C26H28N6O2. The number of carbonyl (C=O) groups excluding carboxylic acids is 1. The Balaban J connectivity index is 1.46. The summed E-state index contributed by atoms with van der Waals surface area (Å²) in [7, 11) is 0. The van der Waals surface area contributed by atoms with Gasteiger partial charge in [0.05, 0.1) is 25.1 Å². The van der Waals surface area contributed by atoms with E-state index in [1.807, 2.05) is 59.3 Å². The number of aromatic amines is 1. The molecule has 5 rings (SSSR count). The molecule has 2 aromatic carbocycles. The fourth-order valence-corrected chi connectivity index (χ4v) is 4.42. The third-order valence-corrected chi connectivity index (χ3v) is 6.20. The maximum Gasteiger partial charge on any atom is 0.258 e. The topological polar surface area (TPSA) is 96.9 Å². The maximum atomic E-state index is 13.2. The van der Waals surface area contributed by atoms with Crippen molar-refractivity contribution in [3.8, 4) is 16.8 Å². The third kappa shape index (κ3) is 4.64. The van der Waals surface area contributed by atoms with Crippen LogP contribution in [-0.4, -0.2) is 51.5 Å². The second kappa shape index (κ2) is 10.0. The number of benzene rings is 2. The number of morpholine rings is 1. The van der Waals surface area contributed by atoms with E-state index in [4.69, 9.17) is 9.72 Å². The number of ether oxygens (including phenoxy) is 1. The summed E-state index contributed by atoms with van der Waals surface area (Å²) in [5, 5.41) is 13.4. The van der Waals surface area contributed by atoms with Crippen molar-refractivity contribution < 1.29 is 9.53 Å². The van der Waals surface area contributed by atoms with Gasteiger partial charge in [-0.15, -0.1) is 0 Å². The molecule has 0 radical (unpaired) electrons. The molecule has 3 heterocycles. The van der Waals surface area contributed by atoms with Crippen molar-refractivity contribution in [3.05, 3.63) is 84.4 Å². The molecule has 8 heteroatoms. The number of para-hydroxylation sites is 1. The van der Waals surface area contributed by atoms with Gasteiger partial charge in [0.25, 0.3) is 5.91 Å². The van der Waals surface area contributed by atoms with Gasteiger partial charge in [-0.3, -0.25) is 19.8 Å². The highest BCUT2D eigenvalue weighted by molar-refractivity contribution is 6.04. The first kappa shape index (κ1) is 22.1. The largest absolute Gasteiger partial charge is 0.378 e. The van der Waals surface area contributed by atoms with Crippen LogP contribution in [0.15, 0.2) is 73.2 Å². The van der Waals surface area contributed by atoms with Crippen molar-refractivity contribution in [2.24, 2.45) is 0 Å². The van der Waals surface area contributed by atoms with Gasteiger partial charge in [0, 0.05) is 47.7 Å². The molecule has 0 bridgehead atoms. The zero-order valence-corrected chi connectivity index (χ0v) is 19.1. The number of anilines is 1. The number of H-pyrrole nitrogens is 1. The number of aromatic nitrogens is 4. The van der Waals surface area contributed by atoms with E-state index < -0.39 is 0 Å². The predicted octanol–water partition coefficient (Wildman–Crippen LogP) is 4.00. The average molecular weight is 457 g/mol. The van der Waals surface area contributed by atoms with E-state index in [0.717, 1.165) is 42.1 Å². The van der Waals surface area contributed by atoms with Crippen LogP contribution in [0.4, 0.5) is 5.95 Å². The van der Waals surface area contributed by atoms with Gasteiger partial charge in [-0.1, -0.05) is 37.3 Å². The molecule has 1 amide bonds. The first-order valence-electron chi connectivity index (χ1n) is 11.6. The number of nitrogens with zero attached hydrogens (tertiary/aromatic N) is 3. The first-order valence-corrected chi connectivity index (χ1v) is 11.6. The Morgan fingerprint density at radius 3 is 2.82 bits per heavy atom. The Kier molecular flexibility index (Phi) is 6.51. The fourth-order valence-electron chi connectivity index (χ4n) is 4.42. The predicted molar refractivity (Wildman–Crippen MR) is 131 cm³/mol. The smallest absolute Gasteiger partial charge is 0.258 e. The van der Waals surface area contributed by atoms with Crippen LogP contribution in [0.5, 0.6) is 0 Å². The van der Waals surface area contributed by atoms with Crippen LogP contribution in [0.25, 0.3) is 16.8 Å². The molecule has 0 aliphatic carbocycles. The molecule has 1 aliphatic heterocycles. The summed E-state index contributed by atoms with van der Waals surface area (Å²) in [6.45, 7) is 4.36. The number of rotatable bonds is 7. The number of hydrogen-bond donors (Lipinski definition) is 3. The lowest BCUT2D eigenvalue weighted by atomic mass is 9.94. The van der Waals surface area contributed by atoms with Gasteiger partial charge >= 0.3 is 0 Å². The Labute approximate surface area is 198 Å². The van der Waals surface area contributed by atoms with Crippen LogP contribution in [-0.2, 0) is 4.74 Å². The summed E-state index contributed by atoms with van der Waals surface area (Å²) in [5.74, 6) is 0.451. The van der Waals surface area contributed by atoms with Crippen molar-refractivity contribution in [1.82, 2.24) is 25.1 Å². The summed E-state index contributed by atoms with van der Waals surface area (Å²) >= 11 is 0. The molecule has 0 saturated carbocycles. The van der Waals surface area contributed by atoms with Crippen LogP contribution in [0.3, 0.4) is 0 Å². The SMILES string of the molecule is CCC(c1cn(-c2ccccc2)c(NC(=O)c2cccc(-c3cn[nH]c3)c2)n1)C1COCCN1. The molecule has 2 aromatic heterocycles. The second-order valence-electron chi connectivity index (χ2n) is 8.37. The highest BCUT2D eigenvalue weighted by atomic mass is 16.5. The van der Waals surface area contributed by atoms with Gasteiger partial charge < -0.3 is 10.1 Å². The van der Waals surface area contributed by atoms with Crippen molar-refractivity contribution in [2.75, 3.05) is 25.1 Å². The molecule has 1 saturated heterocycles. The van der Waals surface area contributed by atoms with E-state index in [2.05, 4.69) is 27.8 Å². The summed E-state index contributed by atoms with van der Waals surface area (Å²) < 4.78 is 7.64. The first-order chi connectivity index (χ1) is 16.7. The molecule has 8 nitrogen and oxygen atoms in total. The number of imidazole rings is 1. The second-order valence-corrected chi connectivity index (χ2v) is 8.37. The molecule has 0 spiro atoms. The zero-order valence-electron chi connectivity index (χ0n) is 19.1. The molecule has 2 atom stereocenters. The molecule has 174 valence electrons. The Hall–Kier alpha value is -3.75. The average Bonchev–Trinajstić information content (AvgIpc) is 3.57. The van der Waals surface area contributed by atoms with Crippen molar-refractivity contribution >= 4 is 11.9 Å². The van der Waals surface area contributed by atoms with Crippen LogP contribution >= 0.6 is 0 Å². The van der Waals surface area contributed by atoms with Crippen LogP contribution in [0.2, 0.25) is 0 Å². The summed E-state index contributed by atoms with van der Waals surface area (Å²) in [6, 6.07) is 17.6. The van der Waals surface area contributed by atoms with Gasteiger partial charge in [0.15, 0.2) is 0 Å². The monoisotopic (exact) mass is 456 g/mol. The number of nitrogens with one attached hydrogen (secondary N) is 3. The van der Waals surface area contributed by atoms with Gasteiger partial charge in [-0.25, -0.2) is 4.98 Å². The van der Waals surface area contributed by atoms with Crippen LogP contribution < -0.4 is 10.6 Å². The summed E-state index contributed by atoms with van der Waals surface area (Å²) in [5.41, 5.74) is 4.26. The molecule has 1 aliphatic rings. The normalized spacial score (nSPS) is 16.8. The van der Waals surface area contributed by atoms with E-state index in [0.29, 0.717) is 18.1 Å². The van der Waals surface area contributed by atoms with Crippen LogP contribution in [0.1, 0.15) is 35.3 Å². The maximum absolute atomic E-state index is 13.2. The minimum atomic E-state index is -0.216. The van der Waals surface area contributed by atoms with Gasteiger partial charge in [0.1, 0.15) is 0 Å². The molecular weight excluding hydrogens is 428 g/mol. The minimum Gasteiger partial charge on any atom is -0.378 e. The zero-order chi connectivity index (χ0) is 23.3. The van der Waals surface area contributed by atoms with Gasteiger partial charge in [-0.2, -0.15) is 5.10 Å². The minimum absolute atomic E-state index is 0.172. The van der Waals surface area contributed by atoms with Crippen LogP contribution in [0, 0.1) is 0 Å². The van der Waals surface area contributed by atoms with Crippen molar-refractivity contribution in [3.63, 3.8) is 0 Å². The van der Waals surface area contributed by atoms with E-state index >= 15 is 0 Å². The van der Waals surface area contributed by atoms with Crippen molar-refractivity contribution in [1.29, 1.82) is 0 Å². The highest BCUT2D eigenvalue weighted by Gasteiger charge is 2.27. The molecule has 4 aromatic rings. The lowest BCUT2D eigenvalue weighted by molar-refractivity contribution is 0.0669. The fraction of sp³-hybridized carbons (Fsp3) is 0.269. The summed E-state index contributed by atoms with van der Waals surface area (Å²) in [6.07, 6.45) is 6.48. The Morgan fingerprint density at radius 1 is 1.21 bits per heavy atom. The summed E-state index contributed by atoms with van der Waals surface area (Å²) in [4.78, 5) is 18.1. The Bertz CT molecular complexity index is 1230. The molecule has 3 N–H and O–H groups in total. The lowest BCUT2D eigenvalue weighted by Crippen LogP contribution is -2.45. The van der Waals surface area contributed by atoms with Gasteiger partial charge in [-0.05, 0) is 36.2 Å². The highest BCUT2D eigenvalue weighted by Crippen LogP contribution is 2.28. The third-order valence-electron chi connectivity index (χ3n) is 6.20. The van der Waals surface area contributed by atoms with E-state index in [-0.39, 0.29) is 17.9 Å². The number of amides is 1. The standard InChI is InChI=1S/C26H28N6O2/c1-2-22(24-17-34-12-11-27-24)23-16-32(21-9-4-3-5-10-21)26(30-23)31-25(33)19-8-6-7-18(13-19)20-14-28-29-15-20/h3-10,13-16,22,24,27H,2,11-12,17H2,1H3,(H,28,29)(H,30,31,33). The van der Waals surface area contributed by atoms with Gasteiger partial charge in [0.2, 0.25) is 5.95 Å². The van der Waals surface area contributed by atoms with Crippen molar-refractivity contribution in [2.45, 2.75) is 25.3 Å².